The maximum Gasteiger partial charge on any atom is 0.127 e. The third-order valence-corrected chi connectivity index (χ3v) is 3.12. The predicted octanol–water partition coefficient (Wildman–Crippen LogP) is 3.05. The lowest BCUT2D eigenvalue weighted by atomic mass is 10.1. The summed E-state index contributed by atoms with van der Waals surface area (Å²) >= 11 is 0. The highest BCUT2D eigenvalue weighted by molar-refractivity contribution is 5.41. The van der Waals surface area contributed by atoms with Crippen LogP contribution in [0.25, 0.3) is 0 Å². The van der Waals surface area contributed by atoms with Crippen molar-refractivity contribution in [3.8, 4) is 0 Å². The quantitative estimate of drug-likeness (QED) is 0.852. The number of hydrogen-bond acceptors (Lipinski definition) is 2. The van der Waals surface area contributed by atoms with Crippen molar-refractivity contribution in [2.45, 2.75) is 64.8 Å². The van der Waals surface area contributed by atoms with Crippen molar-refractivity contribution < 1.29 is 0 Å². The molecule has 0 unspecified atom stereocenters. The third-order valence-electron chi connectivity index (χ3n) is 3.12. The molecule has 3 heteroatoms. The fraction of sp³-hybridized carbons (Fsp3) is 0.769. The first-order valence-electron chi connectivity index (χ1n) is 6.32. The van der Waals surface area contributed by atoms with Crippen LogP contribution < -0.4 is 5.73 Å². The zero-order chi connectivity index (χ0) is 11.9. The minimum Gasteiger partial charge on any atom is -0.384 e. The molecule has 3 nitrogen and oxygen atoms in total. The number of anilines is 1. The van der Waals surface area contributed by atoms with Crippen LogP contribution in [0.5, 0.6) is 0 Å². The zero-order valence-corrected chi connectivity index (χ0v) is 10.9. The monoisotopic (exact) mass is 221 g/mol. The van der Waals surface area contributed by atoms with Gasteiger partial charge in [0.05, 0.1) is 5.69 Å². The van der Waals surface area contributed by atoms with Gasteiger partial charge in [-0.2, -0.15) is 0 Å². The summed E-state index contributed by atoms with van der Waals surface area (Å²) in [6.45, 7) is 8.78. The number of hydrogen-bond donors (Lipinski definition) is 1. The van der Waals surface area contributed by atoms with E-state index in [4.69, 9.17) is 10.7 Å². The Bertz CT molecular complexity index is 381. The number of rotatable bonds is 3. The summed E-state index contributed by atoms with van der Waals surface area (Å²) in [5.41, 5.74) is 7.38. The van der Waals surface area contributed by atoms with Gasteiger partial charge in [-0.15, -0.1) is 0 Å². The van der Waals surface area contributed by atoms with Gasteiger partial charge in [-0.3, -0.25) is 0 Å². The molecule has 1 aliphatic rings. The van der Waals surface area contributed by atoms with Gasteiger partial charge in [0.1, 0.15) is 11.6 Å². The average Bonchev–Trinajstić information content (AvgIpc) is 2.92. The minimum absolute atomic E-state index is 0.0427. The van der Waals surface area contributed by atoms with Crippen LogP contribution in [-0.4, -0.2) is 9.55 Å². The second-order valence-electron chi connectivity index (χ2n) is 5.83. The number of imidazole rings is 1. The largest absolute Gasteiger partial charge is 0.384 e. The summed E-state index contributed by atoms with van der Waals surface area (Å²) in [4.78, 5) is 4.77. The lowest BCUT2D eigenvalue weighted by molar-refractivity contribution is 0.388. The number of aryl methyl sites for hydroxylation is 1. The first kappa shape index (κ1) is 11.5. The Morgan fingerprint density at radius 3 is 2.44 bits per heavy atom. The zero-order valence-electron chi connectivity index (χ0n) is 10.9. The average molecular weight is 221 g/mol. The molecule has 1 saturated carbocycles. The standard InChI is InChI=1S/C13H23N3/c1-5-6-10-11(14)16(13(2,3)4)12(15-10)9-7-8-9/h9H,5-8,14H2,1-4H3. The Hall–Kier alpha value is -0.990. The van der Waals surface area contributed by atoms with Gasteiger partial charge in [0.2, 0.25) is 0 Å². The first-order valence-corrected chi connectivity index (χ1v) is 6.32. The molecule has 1 aromatic heterocycles. The molecular formula is C13H23N3. The fourth-order valence-corrected chi connectivity index (χ4v) is 2.24. The lowest BCUT2D eigenvalue weighted by Crippen LogP contribution is -2.25. The Balaban J connectivity index is 2.46. The van der Waals surface area contributed by atoms with Crippen molar-refractivity contribution in [1.82, 2.24) is 9.55 Å². The molecule has 0 bridgehead atoms. The van der Waals surface area contributed by atoms with Gasteiger partial charge in [0, 0.05) is 11.5 Å². The van der Waals surface area contributed by atoms with Crippen LogP contribution in [0, 0.1) is 0 Å². The normalized spacial score (nSPS) is 16.8. The third kappa shape index (κ3) is 1.95. The van der Waals surface area contributed by atoms with E-state index in [1.807, 2.05) is 0 Å². The molecule has 0 spiro atoms. The topological polar surface area (TPSA) is 43.8 Å². The molecule has 16 heavy (non-hydrogen) atoms. The molecule has 1 heterocycles. The molecule has 90 valence electrons. The highest BCUT2D eigenvalue weighted by Gasteiger charge is 2.33. The second kappa shape index (κ2) is 3.79. The highest BCUT2D eigenvalue weighted by Crippen LogP contribution is 2.42. The van der Waals surface area contributed by atoms with Gasteiger partial charge in [-0.05, 0) is 40.0 Å². The second-order valence-corrected chi connectivity index (χ2v) is 5.83. The molecule has 1 fully saturated rings. The van der Waals surface area contributed by atoms with E-state index in [9.17, 15) is 0 Å². The maximum atomic E-state index is 6.24. The van der Waals surface area contributed by atoms with Gasteiger partial charge in [0.25, 0.3) is 0 Å². The summed E-state index contributed by atoms with van der Waals surface area (Å²) < 4.78 is 2.25. The van der Waals surface area contributed by atoms with E-state index in [1.165, 1.54) is 18.7 Å². The smallest absolute Gasteiger partial charge is 0.127 e. The van der Waals surface area contributed by atoms with Gasteiger partial charge in [-0.25, -0.2) is 4.98 Å². The van der Waals surface area contributed by atoms with E-state index >= 15 is 0 Å². The predicted molar refractivity (Wildman–Crippen MR) is 67.6 cm³/mol. The van der Waals surface area contributed by atoms with E-state index < -0.39 is 0 Å². The van der Waals surface area contributed by atoms with E-state index in [0.717, 1.165) is 24.4 Å². The van der Waals surface area contributed by atoms with E-state index in [0.29, 0.717) is 5.92 Å². The molecular weight excluding hydrogens is 198 g/mol. The van der Waals surface area contributed by atoms with Gasteiger partial charge in [0.15, 0.2) is 0 Å². The van der Waals surface area contributed by atoms with Crippen LogP contribution in [0.15, 0.2) is 0 Å². The maximum absolute atomic E-state index is 6.24. The van der Waals surface area contributed by atoms with Crippen molar-refractivity contribution in [3.05, 3.63) is 11.5 Å². The van der Waals surface area contributed by atoms with Gasteiger partial charge < -0.3 is 10.3 Å². The highest BCUT2D eigenvalue weighted by atomic mass is 15.2. The molecule has 1 aliphatic carbocycles. The van der Waals surface area contributed by atoms with Crippen molar-refractivity contribution in [2.24, 2.45) is 0 Å². The Labute approximate surface area is 98.1 Å². The van der Waals surface area contributed by atoms with E-state index in [1.54, 1.807) is 0 Å². The Morgan fingerprint density at radius 2 is 2.00 bits per heavy atom. The van der Waals surface area contributed by atoms with Crippen molar-refractivity contribution in [3.63, 3.8) is 0 Å². The SMILES string of the molecule is CCCc1nc(C2CC2)n(C(C)(C)C)c1N. The minimum atomic E-state index is 0.0427. The molecule has 1 aromatic rings. The fourth-order valence-electron chi connectivity index (χ4n) is 2.24. The molecule has 0 aromatic carbocycles. The number of nitrogens with two attached hydrogens (primary N) is 1. The van der Waals surface area contributed by atoms with Crippen LogP contribution in [0.4, 0.5) is 5.82 Å². The molecule has 0 aliphatic heterocycles. The van der Waals surface area contributed by atoms with Gasteiger partial charge in [-0.1, -0.05) is 13.3 Å². The summed E-state index contributed by atoms with van der Waals surface area (Å²) in [7, 11) is 0. The van der Waals surface area contributed by atoms with Crippen LogP contribution in [0.1, 0.15) is 64.4 Å². The molecule has 0 saturated heterocycles. The Kier molecular flexibility index (Phi) is 2.72. The van der Waals surface area contributed by atoms with Crippen LogP contribution >= 0.6 is 0 Å². The van der Waals surface area contributed by atoms with Crippen molar-refractivity contribution >= 4 is 5.82 Å². The molecule has 0 radical (unpaired) electrons. The molecule has 2 N–H and O–H groups in total. The number of aromatic nitrogens is 2. The van der Waals surface area contributed by atoms with E-state index in [-0.39, 0.29) is 5.54 Å². The summed E-state index contributed by atoms with van der Waals surface area (Å²) in [5.74, 6) is 2.76. The van der Waals surface area contributed by atoms with Crippen molar-refractivity contribution in [1.29, 1.82) is 0 Å². The first-order chi connectivity index (χ1) is 7.45. The number of nitrogen functional groups attached to an aromatic ring is 1. The van der Waals surface area contributed by atoms with Gasteiger partial charge >= 0.3 is 0 Å². The van der Waals surface area contributed by atoms with Crippen molar-refractivity contribution in [2.75, 3.05) is 5.73 Å². The summed E-state index contributed by atoms with van der Waals surface area (Å²) in [5, 5.41) is 0. The van der Waals surface area contributed by atoms with Crippen LogP contribution in [-0.2, 0) is 12.0 Å². The summed E-state index contributed by atoms with van der Waals surface area (Å²) in [6, 6.07) is 0. The van der Waals surface area contributed by atoms with E-state index in [2.05, 4.69) is 32.3 Å². The molecule has 2 rings (SSSR count). The van der Waals surface area contributed by atoms with Crippen LogP contribution in [0.2, 0.25) is 0 Å². The molecule has 0 atom stereocenters. The number of nitrogens with zero attached hydrogens (tertiary/aromatic N) is 2. The Morgan fingerprint density at radius 1 is 1.38 bits per heavy atom. The summed E-state index contributed by atoms with van der Waals surface area (Å²) in [6.07, 6.45) is 4.65. The van der Waals surface area contributed by atoms with Crippen LogP contribution in [0.3, 0.4) is 0 Å². The lowest BCUT2D eigenvalue weighted by Gasteiger charge is -2.25. The molecule has 0 amide bonds.